The van der Waals surface area contributed by atoms with Crippen molar-refractivity contribution in [3.8, 4) is 5.75 Å². The maximum Gasteiger partial charge on any atom is 0.416 e. The van der Waals surface area contributed by atoms with Gasteiger partial charge in [0.2, 0.25) is 0 Å². The Kier molecular flexibility index (Phi) is 9.72. The van der Waals surface area contributed by atoms with Crippen LogP contribution in [0.3, 0.4) is 0 Å². The molecule has 1 saturated heterocycles. The van der Waals surface area contributed by atoms with Crippen LogP contribution >= 0.6 is 0 Å². The van der Waals surface area contributed by atoms with Crippen LogP contribution in [0.2, 0.25) is 18.1 Å². The molecule has 9 heteroatoms. The summed E-state index contributed by atoms with van der Waals surface area (Å²) in [7, 11) is -2.06. The number of carbonyl (C=O) groups excluding carboxylic acids is 1. The van der Waals surface area contributed by atoms with Gasteiger partial charge in [-0.3, -0.25) is 0 Å². The number of alkyl halides is 3. The molecule has 40 heavy (non-hydrogen) atoms. The highest BCUT2D eigenvalue weighted by atomic mass is 28.4. The van der Waals surface area contributed by atoms with Crippen LogP contribution in [0.15, 0.2) is 54.6 Å². The van der Waals surface area contributed by atoms with E-state index in [1.165, 1.54) is 12.1 Å². The first-order chi connectivity index (χ1) is 18.4. The molecule has 0 saturated carbocycles. The molecular weight excluding hydrogens is 535 g/mol. The summed E-state index contributed by atoms with van der Waals surface area (Å²) in [6, 6.07) is 14.1. The number of nitrogens with zero attached hydrogens (tertiary/aromatic N) is 1. The Hall–Kier alpha value is -2.52. The molecule has 0 aromatic heterocycles. The zero-order valence-electron chi connectivity index (χ0n) is 25.0. The van der Waals surface area contributed by atoms with Gasteiger partial charge in [0, 0.05) is 19.0 Å². The van der Waals surface area contributed by atoms with Crippen molar-refractivity contribution in [2.75, 3.05) is 6.54 Å². The number of hydrogen-bond donors (Lipinski definition) is 0. The Balaban J connectivity index is 1.86. The second kappa shape index (κ2) is 12.1. The quantitative estimate of drug-likeness (QED) is 0.307. The highest BCUT2D eigenvalue weighted by Crippen LogP contribution is 2.40. The number of piperidine rings is 1. The molecule has 5 nitrogen and oxygen atoms in total. The van der Waals surface area contributed by atoms with E-state index in [0.717, 1.165) is 24.1 Å². The molecule has 0 radical (unpaired) electrons. The maximum absolute atomic E-state index is 13.5. The summed E-state index contributed by atoms with van der Waals surface area (Å²) >= 11 is 0. The van der Waals surface area contributed by atoms with E-state index < -0.39 is 37.9 Å². The second-order valence-corrected chi connectivity index (χ2v) is 17.9. The van der Waals surface area contributed by atoms with E-state index in [2.05, 4.69) is 33.9 Å². The third kappa shape index (κ3) is 8.74. The Labute approximate surface area is 238 Å². The zero-order chi connectivity index (χ0) is 29.9. The van der Waals surface area contributed by atoms with Gasteiger partial charge in [-0.15, -0.1) is 0 Å². The molecule has 2 aromatic carbocycles. The Bertz CT molecular complexity index is 1110. The minimum atomic E-state index is -4.42. The first-order valence-corrected chi connectivity index (χ1v) is 16.8. The van der Waals surface area contributed by atoms with E-state index >= 15 is 0 Å². The zero-order valence-corrected chi connectivity index (χ0v) is 26.0. The van der Waals surface area contributed by atoms with Crippen LogP contribution in [0.1, 0.15) is 78.0 Å². The highest BCUT2D eigenvalue weighted by Gasteiger charge is 2.43. The largest absolute Gasteiger partial charge is 0.486 e. The topological polar surface area (TPSA) is 48.0 Å². The summed E-state index contributed by atoms with van der Waals surface area (Å²) in [5, 5.41) is 0.0362. The fourth-order valence-electron chi connectivity index (χ4n) is 4.53. The molecule has 222 valence electrons. The van der Waals surface area contributed by atoms with Crippen molar-refractivity contribution in [2.45, 2.75) is 109 Å². The molecule has 3 atom stereocenters. The van der Waals surface area contributed by atoms with Gasteiger partial charge in [-0.05, 0) is 81.6 Å². The minimum absolute atomic E-state index is 0.0362. The lowest BCUT2D eigenvalue weighted by molar-refractivity contribution is -0.137. The van der Waals surface area contributed by atoms with E-state index in [-0.39, 0.29) is 17.2 Å². The number of amides is 1. The summed E-state index contributed by atoms with van der Waals surface area (Å²) in [6.07, 6.45) is -3.46. The van der Waals surface area contributed by atoms with Crippen LogP contribution < -0.4 is 4.74 Å². The van der Waals surface area contributed by atoms with E-state index in [4.69, 9.17) is 13.9 Å². The lowest BCUT2D eigenvalue weighted by atomic mass is 9.93. The van der Waals surface area contributed by atoms with Gasteiger partial charge in [0.15, 0.2) is 8.32 Å². The summed E-state index contributed by atoms with van der Waals surface area (Å²) in [5.74, 6) is 0.334. The monoisotopic (exact) mass is 579 g/mol. The predicted molar refractivity (Wildman–Crippen MR) is 154 cm³/mol. The number of likely N-dealkylation sites (tertiary alicyclic amines) is 1. The van der Waals surface area contributed by atoms with E-state index in [1.807, 2.05) is 51.1 Å². The molecule has 2 aromatic rings. The molecule has 3 unspecified atom stereocenters. The fraction of sp³-hybridized carbons (Fsp3) is 0.581. The van der Waals surface area contributed by atoms with Crippen LogP contribution in [0.4, 0.5) is 18.0 Å². The molecular formula is C31H44F3NO4Si. The number of carbonyl (C=O) groups is 1. The molecule has 0 bridgehead atoms. The van der Waals surface area contributed by atoms with E-state index in [1.54, 1.807) is 4.90 Å². The van der Waals surface area contributed by atoms with Crippen molar-refractivity contribution < 1.29 is 31.9 Å². The van der Waals surface area contributed by atoms with Gasteiger partial charge < -0.3 is 18.8 Å². The average Bonchev–Trinajstić information content (AvgIpc) is 2.83. The van der Waals surface area contributed by atoms with Gasteiger partial charge in [0.25, 0.3) is 0 Å². The van der Waals surface area contributed by atoms with Crippen molar-refractivity contribution in [1.82, 2.24) is 4.90 Å². The van der Waals surface area contributed by atoms with Crippen LogP contribution in [0, 0.1) is 0 Å². The number of rotatable bonds is 7. The van der Waals surface area contributed by atoms with Crippen molar-refractivity contribution in [3.63, 3.8) is 0 Å². The van der Waals surface area contributed by atoms with Gasteiger partial charge in [0.1, 0.15) is 17.5 Å². The SMILES string of the molecule is CC(C)(C)OC(=O)N1CC(O[Si](C)(C)C(C)(C)C)CCC1CC(Oc1ccc(C(F)(F)F)cc1)c1ccccc1. The Morgan fingerprint density at radius 3 is 2.08 bits per heavy atom. The van der Waals surface area contributed by atoms with Crippen LogP contribution in [0.5, 0.6) is 5.75 Å². The molecule has 0 N–H and O–H groups in total. The molecule has 1 fully saturated rings. The number of ether oxygens (including phenoxy) is 2. The molecule has 3 rings (SSSR count). The number of halogens is 3. The van der Waals surface area contributed by atoms with Gasteiger partial charge in [-0.25, -0.2) is 4.79 Å². The standard InChI is InChI=1S/C31H44F3NO4Si/c1-29(2,3)38-28(36)35-21-26(39-40(7,8)30(4,5)6)19-16-24(35)20-27(22-12-10-9-11-13-22)37-25-17-14-23(15-18-25)31(32,33)34/h9-15,17-18,24,26-27H,16,19-21H2,1-8H3. The van der Waals surface area contributed by atoms with Gasteiger partial charge in [0.05, 0.1) is 11.7 Å². The highest BCUT2D eigenvalue weighted by molar-refractivity contribution is 6.74. The molecule has 1 heterocycles. The van der Waals surface area contributed by atoms with Crippen LogP contribution in [-0.2, 0) is 15.3 Å². The van der Waals surface area contributed by atoms with Crippen molar-refractivity contribution in [2.24, 2.45) is 0 Å². The van der Waals surface area contributed by atoms with E-state index in [0.29, 0.717) is 25.1 Å². The van der Waals surface area contributed by atoms with Crippen molar-refractivity contribution in [3.05, 3.63) is 65.7 Å². The maximum atomic E-state index is 13.5. The molecule has 0 spiro atoms. The Morgan fingerprint density at radius 1 is 0.950 bits per heavy atom. The minimum Gasteiger partial charge on any atom is -0.486 e. The summed E-state index contributed by atoms with van der Waals surface area (Å²) in [6.45, 7) is 16.9. The summed E-state index contributed by atoms with van der Waals surface area (Å²) < 4.78 is 58.1. The smallest absolute Gasteiger partial charge is 0.416 e. The molecule has 0 aliphatic carbocycles. The van der Waals surface area contributed by atoms with Crippen LogP contribution in [0.25, 0.3) is 0 Å². The molecule has 1 aliphatic rings. The molecule has 1 amide bonds. The van der Waals surface area contributed by atoms with Crippen molar-refractivity contribution in [1.29, 1.82) is 0 Å². The van der Waals surface area contributed by atoms with Gasteiger partial charge in [-0.2, -0.15) is 13.2 Å². The van der Waals surface area contributed by atoms with Crippen LogP contribution in [-0.4, -0.2) is 43.6 Å². The molecule has 1 aliphatic heterocycles. The fourth-order valence-corrected chi connectivity index (χ4v) is 5.91. The summed E-state index contributed by atoms with van der Waals surface area (Å²) in [4.78, 5) is 15.2. The first kappa shape index (κ1) is 32.0. The third-order valence-electron chi connectivity index (χ3n) is 7.68. The summed E-state index contributed by atoms with van der Waals surface area (Å²) in [5.41, 5.74) is -0.511. The number of benzene rings is 2. The van der Waals surface area contributed by atoms with Crippen molar-refractivity contribution >= 4 is 14.4 Å². The number of hydrogen-bond acceptors (Lipinski definition) is 4. The van der Waals surface area contributed by atoms with Gasteiger partial charge >= 0.3 is 12.3 Å². The first-order valence-electron chi connectivity index (χ1n) is 13.9. The normalized spacial score (nSPS) is 19.7. The van der Waals surface area contributed by atoms with E-state index in [9.17, 15) is 18.0 Å². The lowest BCUT2D eigenvalue weighted by Gasteiger charge is -2.45. The Morgan fingerprint density at radius 2 is 1.55 bits per heavy atom. The second-order valence-electron chi connectivity index (χ2n) is 13.1. The predicted octanol–water partition coefficient (Wildman–Crippen LogP) is 9.01. The average molecular weight is 580 g/mol. The lowest BCUT2D eigenvalue weighted by Crippen LogP contribution is -2.54. The third-order valence-corrected chi connectivity index (χ3v) is 12.2. The van der Waals surface area contributed by atoms with Gasteiger partial charge in [-0.1, -0.05) is 51.1 Å².